The third-order valence-electron chi connectivity index (χ3n) is 4.35. The summed E-state index contributed by atoms with van der Waals surface area (Å²) in [5, 5.41) is 4.43. The summed E-state index contributed by atoms with van der Waals surface area (Å²) in [6, 6.07) is 3.74. The van der Waals surface area contributed by atoms with E-state index in [1.165, 1.54) is 6.26 Å². The van der Waals surface area contributed by atoms with Gasteiger partial charge in [-0.05, 0) is 31.4 Å². The number of sulfone groups is 1. The highest BCUT2D eigenvalue weighted by molar-refractivity contribution is 7.90. The number of aromatic nitrogens is 2. The van der Waals surface area contributed by atoms with Gasteiger partial charge in [-0.2, -0.15) is 5.10 Å². The molecule has 3 rings (SSSR count). The molecule has 2 aromatic heterocycles. The Labute approximate surface area is 148 Å². The molecule has 0 aliphatic heterocycles. The topological polar surface area (TPSA) is 77.7 Å². The fraction of sp³-hybridized carbons (Fsp3) is 0.556. The first-order chi connectivity index (χ1) is 11.8. The van der Waals surface area contributed by atoms with Crippen LogP contribution in [0.15, 0.2) is 18.3 Å². The fourth-order valence-corrected chi connectivity index (χ4v) is 3.55. The molecule has 2 aromatic rings. The number of carbonyl (C=O) groups is 1. The van der Waals surface area contributed by atoms with Crippen molar-refractivity contribution in [3.8, 4) is 5.75 Å². The van der Waals surface area contributed by atoms with Crippen LogP contribution in [-0.2, 0) is 9.84 Å². The van der Waals surface area contributed by atoms with E-state index in [-0.39, 0.29) is 17.5 Å². The first kappa shape index (κ1) is 17.9. The smallest absolute Gasteiger partial charge is 0.169 e. The van der Waals surface area contributed by atoms with Gasteiger partial charge >= 0.3 is 0 Å². The van der Waals surface area contributed by atoms with E-state index in [0.717, 1.165) is 29.8 Å². The molecule has 0 spiro atoms. The van der Waals surface area contributed by atoms with Crippen LogP contribution in [0.3, 0.4) is 0 Å². The average molecular weight is 364 g/mol. The van der Waals surface area contributed by atoms with Gasteiger partial charge < -0.3 is 4.74 Å². The van der Waals surface area contributed by atoms with E-state index in [4.69, 9.17) is 4.74 Å². The molecule has 0 atom stereocenters. The number of ether oxygens (including phenoxy) is 1. The Kier molecular flexibility index (Phi) is 4.86. The number of pyridine rings is 1. The molecule has 1 fully saturated rings. The number of hydrogen-bond acceptors (Lipinski definition) is 5. The van der Waals surface area contributed by atoms with Crippen molar-refractivity contribution in [3.05, 3.63) is 29.6 Å². The lowest BCUT2D eigenvalue weighted by molar-refractivity contribution is 0.0941. The van der Waals surface area contributed by atoms with Crippen molar-refractivity contribution in [1.82, 2.24) is 9.61 Å². The monoisotopic (exact) mass is 364 g/mol. The maximum atomic E-state index is 12.4. The Morgan fingerprint density at radius 3 is 2.68 bits per heavy atom. The van der Waals surface area contributed by atoms with E-state index in [0.29, 0.717) is 24.5 Å². The van der Waals surface area contributed by atoms with E-state index in [9.17, 15) is 13.2 Å². The molecular weight excluding hydrogens is 340 g/mol. The molecule has 0 N–H and O–H groups in total. The lowest BCUT2D eigenvalue weighted by Gasteiger charge is -2.13. The third-order valence-corrected chi connectivity index (χ3v) is 5.38. The predicted molar refractivity (Wildman–Crippen MR) is 96.2 cm³/mol. The summed E-state index contributed by atoms with van der Waals surface area (Å²) >= 11 is 0. The van der Waals surface area contributed by atoms with E-state index in [2.05, 4.69) is 5.10 Å². The zero-order chi connectivity index (χ0) is 18.2. The highest BCUT2D eigenvalue weighted by atomic mass is 32.2. The molecule has 6 nitrogen and oxygen atoms in total. The van der Waals surface area contributed by atoms with Gasteiger partial charge in [-0.1, -0.05) is 13.8 Å². The van der Waals surface area contributed by atoms with Crippen molar-refractivity contribution in [1.29, 1.82) is 0 Å². The van der Waals surface area contributed by atoms with Crippen LogP contribution in [0.25, 0.3) is 5.52 Å². The van der Waals surface area contributed by atoms with Crippen LogP contribution in [0.5, 0.6) is 5.75 Å². The lowest BCUT2D eigenvalue weighted by Crippen LogP contribution is -2.10. The second kappa shape index (κ2) is 6.78. The van der Waals surface area contributed by atoms with E-state index in [1.807, 2.05) is 30.5 Å². The van der Waals surface area contributed by atoms with Crippen LogP contribution in [-0.4, -0.2) is 42.4 Å². The molecule has 0 radical (unpaired) electrons. The van der Waals surface area contributed by atoms with Gasteiger partial charge in [0.15, 0.2) is 5.78 Å². The van der Waals surface area contributed by atoms with Crippen LogP contribution in [0.2, 0.25) is 0 Å². The zero-order valence-corrected chi connectivity index (χ0v) is 15.7. The third kappa shape index (κ3) is 4.03. The molecule has 1 aliphatic carbocycles. The molecule has 2 heterocycles. The van der Waals surface area contributed by atoms with Crippen molar-refractivity contribution in [3.63, 3.8) is 0 Å². The molecule has 7 heteroatoms. The minimum atomic E-state index is -2.98. The van der Waals surface area contributed by atoms with Gasteiger partial charge in [-0.25, -0.2) is 12.9 Å². The molecule has 0 unspecified atom stereocenters. The second-order valence-corrected chi connectivity index (χ2v) is 9.32. The molecule has 0 aromatic carbocycles. The summed E-state index contributed by atoms with van der Waals surface area (Å²) in [5.74, 6) is 1.23. The molecule has 136 valence electrons. The van der Waals surface area contributed by atoms with Crippen LogP contribution in [0.1, 0.15) is 55.1 Å². The Hall–Kier alpha value is -1.89. The standard InChI is InChI=1S/C18H24N2O4S/c1-12(2)18(21)14-11-19-20-15(14)7-8-16(17(20)13-5-6-13)24-9-4-10-25(3,22)23/h7-8,11-13H,4-6,9-10H2,1-3H3. The quantitative estimate of drug-likeness (QED) is 0.532. The number of nitrogens with zero attached hydrogens (tertiary/aromatic N) is 2. The number of Topliss-reactive ketones (excluding diaryl/α,β-unsaturated/α-hetero) is 1. The second-order valence-electron chi connectivity index (χ2n) is 7.06. The number of carbonyl (C=O) groups excluding carboxylic acids is 1. The first-order valence-corrected chi connectivity index (χ1v) is 10.7. The normalized spacial score (nSPS) is 15.0. The van der Waals surface area contributed by atoms with Crippen LogP contribution in [0.4, 0.5) is 0 Å². The van der Waals surface area contributed by atoms with Gasteiger partial charge in [0.1, 0.15) is 15.6 Å². The first-order valence-electron chi connectivity index (χ1n) is 8.63. The highest BCUT2D eigenvalue weighted by Crippen LogP contribution is 2.44. The fourth-order valence-electron chi connectivity index (χ4n) is 2.91. The van der Waals surface area contributed by atoms with Crippen molar-refractivity contribution >= 4 is 21.1 Å². The molecule has 1 aliphatic rings. The maximum absolute atomic E-state index is 12.4. The summed E-state index contributed by atoms with van der Waals surface area (Å²) in [6.07, 6.45) is 5.47. The number of ketones is 1. The van der Waals surface area contributed by atoms with E-state index in [1.54, 1.807) is 6.20 Å². The molecule has 0 bridgehead atoms. The van der Waals surface area contributed by atoms with Crippen molar-refractivity contribution in [2.75, 3.05) is 18.6 Å². The van der Waals surface area contributed by atoms with Gasteiger partial charge in [0, 0.05) is 18.1 Å². The molecule has 1 saturated carbocycles. The Bertz CT molecular complexity index is 895. The summed E-state index contributed by atoms with van der Waals surface area (Å²) in [4.78, 5) is 12.4. The van der Waals surface area contributed by atoms with Gasteiger partial charge in [0.2, 0.25) is 0 Å². The number of fused-ring (bicyclic) bond motifs is 1. The van der Waals surface area contributed by atoms with E-state index >= 15 is 0 Å². The SMILES string of the molecule is CC(C)C(=O)c1cnn2c(C3CC3)c(OCCCS(C)(=O)=O)ccc12. The zero-order valence-electron chi connectivity index (χ0n) is 14.9. The summed E-state index contributed by atoms with van der Waals surface area (Å²) in [5.41, 5.74) is 2.43. The predicted octanol–water partition coefficient (Wildman–Crippen LogP) is 2.86. The summed E-state index contributed by atoms with van der Waals surface area (Å²) < 4.78 is 30.1. The molecular formula is C18H24N2O4S. The summed E-state index contributed by atoms with van der Waals surface area (Å²) in [7, 11) is -2.98. The van der Waals surface area contributed by atoms with Crippen molar-refractivity contribution in [2.45, 2.75) is 39.0 Å². The van der Waals surface area contributed by atoms with Gasteiger partial charge in [-0.15, -0.1) is 0 Å². The maximum Gasteiger partial charge on any atom is 0.169 e. The summed E-state index contributed by atoms with van der Waals surface area (Å²) in [6.45, 7) is 4.11. The van der Waals surface area contributed by atoms with Crippen LogP contribution in [0, 0.1) is 5.92 Å². The van der Waals surface area contributed by atoms with Crippen molar-refractivity contribution < 1.29 is 17.9 Å². The van der Waals surface area contributed by atoms with Crippen LogP contribution >= 0.6 is 0 Å². The van der Waals surface area contributed by atoms with Gasteiger partial charge in [0.05, 0.1) is 35.3 Å². The largest absolute Gasteiger partial charge is 0.492 e. The average Bonchev–Trinajstić information content (AvgIpc) is 3.28. The van der Waals surface area contributed by atoms with E-state index < -0.39 is 9.84 Å². The van der Waals surface area contributed by atoms with Gasteiger partial charge in [0.25, 0.3) is 0 Å². The lowest BCUT2D eigenvalue weighted by atomic mass is 10.0. The molecule has 25 heavy (non-hydrogen) atoms. The Morgan fingerprint density at radius 2 is 2.08 bits per heavy atom. The van der Waals surface area contributed by atoms with Crippen molar-refractivity contribution in [2.24, 2.45) is 5.92 Å². The van der Waals surface area contributed by atoms with Gasteiger partial charge in [-0.3, -0.25) is 4.79 Å². The molecule has 0 saturated heterocycles. The van der Waals surface area contributed by atoms with Crippen LogP contribution < -0.4 is 4.74 Å². The number of rotatable bonds is 8. The minimum absolute atomic E-state index is 0.0794. The highest BCUT2D eigenvalue weighted by Gasteiger charge is 2.31. The Balaban J connectivity index is 1.87. The molecule has 0 amide bonds. The Morgan fingerprint density at radius 1 is 1.36 bits per heavy atom. The minimum Gasteiger partial charge on any atom is -0.492 e. The number of hydrogen-bond donors (Lipinski definition) is 0.